The minimum absolute atomic E-state index is 0.00778. The second-order valence-corrected chi connectivity index (χ2v) is 8.34. The van der Waals surface area contributed by atoms with Gasteiger partial charge in [-0.15, -0.1) is 0 Å². The van der Waals surface area contributed by atoms with Crippen LogP contribution >= 0.6 is 0 Å². The van der Waals surface area contributed by atoms with Crippen LogP contribution in [0.25, 0.3) is 11.1 Å². The first-order chi connectivity index (χ1) is 14.4. The number of ether oxygens (including phenoxy) is 1. The zero-order valence-electron chi connectivity index (χ0n) is 18.1. The van der Waals surface area contributed by atoms with Crippen LogP contribution in [0.5, 0.6) is 0 Å². The van der Waals surface area contributed by atoms with Gasteiger partial charge in [0.25, 0.3) is 0 Å². The molecule has 1 N–H and O–H groups in total. The Morgan fingerprint density at radius 2 is 2.03 bits per heavy atom. The van der Waals surface area contributed by atoms with E-state index in [-0.39, 0.29) is 24.5 Å². The third-order valence-electron chi connectivity index (χ3n) is 5.62. The maximum atomic E-state index is 13.4. The Balaban J connectivity index is 1.97. The van der Waals surface area contributed by atoms with Crippen molar-refractivity contribution >= 4 is 11.8 Å². The Bertz CT molecular complexity index is 869. The quantitative estimate of drug-likeness (QED) is 0.763. The first-order valence-electron chi connectivity index (χ1n) is 10.5. The number of likely N-dealkylation sites (tertiary alicyclic amines) is 1. The average molecular weight is 410 g/mol. The van der Waals surface area contributed by atoms with Gasteiger partial charge in [-0.3, -0.25) is 14.6 Å². The molecule has 160 valence electrons. The van der Waals surface area contributed by atoms with E-state index in [2.05, 4.69) is 22.4 Å². The number of methoxy groups -OCH3 is 1. The van der Waals surface area contributed by atoms with Gasteiger partial charge in [-0.1, -0.05) is 30.3 Å². The first-order valence-corrected chi connectivity index (χ1v) is 10.5. The summed E-state index contributed by atoms with van der Waals surface area (Å²) < 4.78 is 5.05. The molecule has 3 rings (SSSR count). The number of hydrogen-bond donors (Lipinski definition) is 1. The zero-order chi connectivity index (χ0) is 21.6. The van der Waals surface area contributed by atoms with Gasteiger partial charge in [-0.05, 0) is 50.3 Å². The van der Waals surface area contributed by atoms with Crippen molar-refractivity contribution in [1.82, 2.24) is 15.2 Å². The number of rotatable bonds is 7. The summed E-state index contributed by atoms with van der Waals surface area (Å²) in [6, 6.07) is 12.1. The summed E-state index contributed by atoms with van der Waals surface area (Å²) in [7, 11) is 1.52. The number of aromatic nitrogens is 1. The average Bonchev–Trinajstić information content (AvgIpc) is 2.74. The van der Waals surface area contributed by atoms with Crippen LogP contribution in [0.2, 0.25) is 0 Å². The van der Waals surface area contributed by atoms with Crippen molar-refractivity contribution in [2.75, 3.05) is 26.8 Å². The topological polar surface area (TPSA) is 71.5 Å². The molecule has 2 heterocycles. The summed E-state index contributed by atoms with van der Waals surface area (Å²) in [5.41, 5.74) is 2.51. The summed E-state index contributed by atoms with van der Waals surface area (Å²) in [6.45, 7) is 5.02. The summed E-state index contributed by atoms with van der Waals surface area (Å²) in [5, 5.41) is 3.10. The minimum Gasteiger partial charge on any atom is -0.375 e. The van der Waals surface area contributed by atoms with E-state index in [9.17, 15) is 9.59 Å². The number of benzene rings is 1. The number of piperidine rings is 1. The van der Waals surface area contributed by atoms with E-state index in [1.54, 1.807) is 11.1 Å². The van der Waals surface area contributed by atoms with Gasteiger partial charge in [0.05, 0.1) is 5.41 Å². The molecule has 1 aliphatic rings. The maximum Gasteiger partial charge on any atom is 0.248 e. The standard InChI is InChI=1S/C24H31N3O3/c1-18(2)26-23(29)24(11-7-13-27(17-24)22(28)16-30-3)14-19-8-4-5-10-21(19)20-9-6-12-25-15-20/h4-6,8-10,12,15,18H,7,11,13-14,16-17H2,1-3H3,(H,26,29). The van der Waals surface area contributed by atoms with Crippen LogP contribution in [-0.2, 0) is 20.7 Å². The summed E-state index contributed by atoms with van der Waals surface area (Å²) in [6.07, 6.45) is 5.69. The largest absolute Gasteiger partial charge is 0.375 e. The number of amides is 2. The van der Waals surface area contributed by atoms with E-state index >= 15 is 0 Å². The number of nitrogens with one attached hydrogen (secondary N) is 1. The third kappa shape index (κ3) is 5.05. The van der Waals surface area contributed by atoms with Gasteiger partial charge in [0.2, 0.25) is 11.8 Å². The van der Waals surface area contributed by atoms with Crippen molar-refractivity contribution in [3.8, 4) is 11.1 Å². The Hall–Kier alpha value is -2.73. The number of carbonyl (C=O) groups excluding carboxylic acids is 2. The fourth-order valence-corrected chi connectivity index (χ4v) is 4.23. The van der Waals surface area contributed by atoms with Crippen LogP contribution in [0, 0.1) is 5.41 Å². The van der Waals surface area contributed by atoms with E-state index in [1.807, 2.05) is 44.3 Å². The zero-order valence-corrected chi connectivity index (χ0v) is 18.1. The van der Waals surface area contributed by atoms with Crippen LogP contribution in [0.1, 0.15) is 32.3 Å². The maximum absolute atomic E-state index is 13.4. The van der Waals surface area contributed by atoms with Crippen molar-refractivity contribution in [3.05, 3.63) is 54.4 Å². The monoisotopic (exact) mass is 409 g/mol. The van der Waals surface area contributed by atoms with Gasteiger partial charge in [0, 0.05) is 44.2 Å². The molecule has 6 nitrogen and oxygen atoms in total. The van der Waals surface area contributed by atoms with Crippen LogP contribution in [-0.4, -0.2) is 54.5 Å². The van der Waals surface area contributed by atoms with Crippen LogP contribution in [0.3, 0.4) is 0 Å². The molecular formula is C24H31N3O3. The van der Waals surface area contributed by atoms with Crippen molar-refractivity contribution < 1.29 is 14.3 Å². The molecule has 1 aliphatic heterocycles. The fraction of sp³-hybridized carbons (Fsp3) is 0.458. The van der Waals surface area contributed by atoms with Gasteiger partial charge in [0.1, 0.15) is 6.61 Å². The molecule has 0 radical (unpaired) electrons. The lowest BCUT2D eigenvalue weighted by Gasteiger charge is -2.42. The van der Waals surface area contributed by atoms with Gasteiger partial charge in [0.15, 0.2) is 0 Å². The Morgan fingerprint density at radius 1 is 1.23 bits per heavy atom. The molecule has 2 amide bonds. The molecule has 0 spiro atoms. The lowest BCUT2D eigenvalue weighted by molar-refractivity contribution is -0.144. The Labute approximate surface area is 178 Å². The third-order valence-corrected chi connectivity index (χ3v) is 5.62. The van der Waals surface area contributed by atoms with Crippen molar-refractivity contribution in [3.63, 3.8) is 0 Å². The molecule has 1 aromatic carbocycles. The molecule has 1 atom stereocenters. The van der Waals surface area contributed by atoms with Crippen LogP contribution in [0.15, 0.2) is 48.8 Å². The molecule has 30 heavy (non-hydrogen) atoms. The molecule has 0 saturated carbocycles. The lowest BCUT2D eigenvalue weighted by Crippen LogP contribution is -2.56. The molecular weight excluding hydrogens is 378 g/mol. The van der Waals surface area contributed by atoms with E-state index in [4.69, 9.17) is 4.74 Å². The van der Waals surface area contributed by atoms with Crippen molar-refractivity contribution in [1.29, 1.82) is 0 Å². The van der Waals surface area contributed by atoms with Gasteiger partial charge in [-0.2, -0.15) is 0 Å². The normalized spacial score (nSPS) is 19.0. The predicted molar refractivity (Wildman–Crippen MR) is 117 cm³/mol. The van der Waals surface area contributed by atoms with Gasteiger partial charge >= 0.3 is 0 Å². The van der Waals surface area contributed by atoms with Crippen LogP contribution in [0.4, 0.5) is 0 Å². The predicted octanol–water partition coefficient (Wildman–Crippen LogP) is 3.07. The molecule has 1 aromatic heterocycles. The van der Waals surface area contributed by atoms with Crippen molar-refractivity contribution in [2.24, 2.45) is 5.41 Å². The smallest absolute Gasteiger partial charge is 0.248 e. The van der Waals surface area contributed by atoms with E-state index in [0.717, 1.165) is 29.5 Å². The van der Waals surface area contributed by atoms with Gasteiger partial charge in [-0.25, -0.2) is 0 Å². The highest BCUT2D eigenvalue weighted by molar-refractivity contribution is 5.86. The van der Waals surface area contributed by atoms with E-state index in [0.29, 0.717) is 19.5 Å². The van der Waals surface area contributed by atoms with E-state index < -0.39 is 5.41 Å². The van der Waals surface area contributed by atoms with E-state index in [1.165, 1.54) is 7.11 Å². The number of nitrogens with zero attached hydrogens (tertiary/aromatic N) is 2. The number of hydrogen-bond acceptors (Lipinski definition) is 4. The molecule has 1 saturated heterocycles. The van der Waals surface area contributed by atoms with Gasteiger partial charge < -0.3 is 15.0 Å². The fourth-order valence-electron chi connectivity index (χ4n) is 4.23. The Kier molecular flexibility index (Phi) is 7.21. The Morgan fingerprint density at radius 3 is 2.73 bits per heavy atom. The second-order valence-electron chi connectivity index (χ2n) is 8.34. The minimum atomic E-state index is -0.676. The van der Waals surface area contributed by atoms with Crippen LogP contribution < -0.4 is 5.32 Å². The molecule has 0 bridgehead atoms. The lowest BCUT2D eigenvalue weighted by atomic mass is 9.73. The highest BCUT2D eigenvalue weighted by atomic mass is 16.5. The molecule has 0 aliphatic carbocycles. The molecule has 6 heteroatoms. The summed E-state index contributed by atoms with van der Waals surface area (Å²) in [4.78, 5) is 32.0. The number of carbonyl (C=O) groups is 2. The first kappa shape index (κ1) is 22.0. The second kappa shape index (κ2) is 9.85. The highest BCUT2D eigenvalue weighted by Gasteiger charge is 2.44. The van der Waals surface area contributed by atoms with Crippen molar-refractivity contribution in [2.45, 2.75) is 39.2 Å². The summed E-state index contributed by atoms with van der Waals surface area (Å²) in [5.74, 6) is -0.0622. The molecule has 2 aromatic rings. The highest BCUT2D eigenvalue weighted by Crippen LogP contribution is 2.37. The SMILES string of the molecule is COCC(=O)N1CCCC(Cc2ccccc2-c2cccnc2)(C(=O)NC(C)C)C1. The number of pyridine rings is 1. The summed E-state index contributed by atoms with van der Waals surface area (Å²) >= 11 is 0. The molecule has 1 fully saturated rings. The molecule has 1 unspecified atom stereocenters.